The molecule has 4 rings (SSSR count). The van der Waals surface area contributed by atoms with Crippen LogP contribution in [0.25, 0.3) is 5.57 Å². The number of thiocarbonyl (C=S) groups is 1. The lowest BCUT2D eigenvalue weighted by Gasteiger charge is -2.24. The van der Waals surface area contributed by atoms with Crippen molar-refractivity contribution in [3.8, 4) is 0 Å². The van der Waals surface area contributed by atoms with Gasteiger partial charge in [0.25, 0.3) is 11.8 Å². The molecule has 0 aromatic heterocycles. The van der Waals surface area contributed by atoms with Crippen molar-refractivity contribution in [1.29, 1.82) is 0 Å². The second-order valence-electron chi connectivity index (χ2n) is 6.79. The smallest absolute Gasteiger partial charge is 0.333 e. The quantitative estimate of drug-likeness (QED) is 0.342. The Morgan fingerprint density at radius 3 is 2.52 bits per heavy atom. The van der Waals surface area contributed by atoms with Crippen LogP contribution >= 0.6 is 39.9 Å². The van der Waals surface area contributed by atoms with Crippen molar-refractivity contribution < 1.29 is 19.1 Å². The predicted molar refractivity (Wildman–Crippen MR) is 127 cm³/mol. The molecule has 0 radical (unpaired) electrons. The number of rotatable bonds is 4. The van der Waals surface area contributed by atoms with Gasteiger partial charge in [-0.15, -0.1) is 0 Å². The van der Waals surface area contributed by atoms with E-state index in [1.165, 1.54) is 12.0 Å². The number of likely N-dealkylation sites (N-methyl/N-ethyl adjacent to an activating group) is 1. The molecule has 2 amide bonds. The zero-order valence-corrected chi connectivity index (χ0v) is 19.8. The molecule has 0 N–H and O–H groups in total. The Kier molecular flexibility index (Phi) is 6.00. The summed E-state index contributed by atoms with van der Waals surface area (Å²) < 4.78 is 5.96. The van der Waals surface area contributed by atoms with Gasteiger partial charge in [0.1, 0.15) is 4.32 Å². The number of carbonyl (C=O) groups is 3. The Hall–Kier alpha value is -2.49. The number of carbonyl (C=O) groups excluding carboxylic acids is 3. The third-order valence-electron chi connectivity index (χ3n) is 5.12. The average Bonchev–Trinajstić information content (AvgIpc) is 3.20. The topological polar surface area (TPSA) is 66.9 Å². The van der Waals surface area contributed by atoms with Crippen molar-refractivity contribution >= 4 is 73.3 Å². The van der Waals surface area contributed by atoms with E-state index in [2.05, 4.69) is 15.9 Å². The van der Waals surface area contributed by atoms with Crippen molar-refractivity contribution in [1.82, 2.24) is 4.90 Å². The summed E-state index contributed by atoms with van der Waals surface area (Å²) in [6.07, 6.45) is 0. The molecule has 9 heteroatoms. The molecule has 0 aliphatic carbocycles. The Labute approximate surface area is 197 Å². The van der Waals surface area contributed by atoms with Gasteiger partial charge in [0, 0.05) is 16.6 Å². The molecule has 1 fully saturated rings. The highest BCUT2D eigenvalue weighted by Crippen LogP contribution is 2.47. The fourth-order valence-electron chi connectivity index (χ4n) is 3.73. The predicted octanol–water partition coefficient (Wildman–Crippen LogP) is 4.30. The van der Waals surface area contributed by atoms with E-state index < -0.39 is 17.9 Å². The van der Waals surface area contributed by atoms with Gasteiger partial charge in [-0.1, -0.05) is 70.2 Å². The highest BCUT2D eigenvalue weighted by molar-refractivity contribution is 9.10. The van der Waals surface area contributed by atoms with E-state index in [-0.39, 0.29) is 15.1 Å². The largest absolute Gasteiger partial charge is 0.467 e. The maximum absolute atomic E-state index is 13.5. The molecule has 6 nitrogen and oxygen atoms in total. The van der Waals surface area contributed by atoms with Crippen LogP contribution in [0.3, 0.4) is 0 Å². The third kappa shape index (κ3) is 3.60. The van der Waals surface area contributed by atoms with Crippen LogP contribution in [-0.2, 0) is 19.1 Å². The van der Waals surface area contributed by atoms with E-state index in [4.69, 9.17) is 17.0 Å². The number of amides is 2. The van der Waals surface area contributed by atoms with Gasteiger partial charge in [-0.05, 0) is 30.7 Å². The minimum atomic E-state index is -1.03. The molecule has 0 bridgehead atoms. The van der Waals surface area contributed by atoms with E-state index in [9.17, 15) is 14.4 Å². The molecule has 158 valence electrons. The molecule has 0 spiro atoms. The molecule has 1 atom stereocenters. The zero-order chi connectivity index (χ0) is 22.3. The zero-order valence-electron chi connectivity index (χ0n) is 16.6. The minimum Gasteiger partial charge on any atom is -0.467 e. The van der Waals surface area contributed by atoms with Crippen molar-refractivity contribution in [2.45, 2.75) is 13.0 Å². The number of fused-ring (bicyclic) bond motifs is 1. The first-order valence-electron chi connectivity index (χ1n) is 9.43. The molecule has 2 heterocycles. The van der Waals surface area contributed by atoms with Crippen LogP contribution in [-0.4, -0.2) is 40.7 Å². The van der Waals surface area contributed by atoms with Gasteiger partial charge in [0.2, 0.25) is 0 Å². The second-order valence-corrected chi connectivity index (χ2v) is 9.35. The Morgan fingerprint density at radius 1 is 1.16 bits per heavy atom. The lowest BCUT2D eigenvalue weighted by atomic mass is 10.0. The van der Waals surface area contributed by atoms with E-state index in [0.717, 1.165) is 21.9 Å². The maximum Gasteiger partial charge on any atom is 0.333 e. The van der Waals surface area contributed by atoms with Crippen LogP contribution in [0.2, 0.25) is 0 Å². The molecule has 1 saturated heterocycles. The molecule has 2 aliphatic heterocycles. The fourth-order valence-corrected chi connectivity index (χ4v) is 5.47. The third-order valence-corrected chi connectivity index (χ3v) is 7.01. The van der Waals surface area contributed by atoms with E-state index in [1.807, 2.05) is 31.2 Å². The van der Waals surface area contributed by atoms with Crippen LogP contribution < -0.4 is 4.90 Å². The number of ether oxygens (including phenoxy) is 1. The highest BCUT2D eigenvalue weighted by atomic mass is 79.9. The van der Waals surface area contributed by atoms with Crippen LogP contribution in [0.4, 0.5) is 5.69 Å². The molecule has 2 aliphatic rings. The summed E-state index contributed by atoms with van der Waals surface area (Å²) in [6.45, 7) is 2.34. The number of benzene rings is 2. The molecule has 1 unspecified atom stereocenters. The second kappa shape index (κ2) is 8.57. The Balaban J connectivity index is 1.85. The summed E-state index contributed by atoms with van der Waals surface area (Å²) >= 11 is 9.96. The molecular weight excluding hydrogens is 500 g/mol. The number of anilines is 1. The summed E-state index contributed by atoms with van der Waals surface area (Å²) in [7, 11) is 1.27. The number of hydrogen-bond acceptors (Lipinski definition) is 6. The van der Waals surface area contributed by atoms with Gasteiger partial charge in [-0.3, -0.25) is 14.5 Å². The van der Waals surface area contributed by atoms with Crippen molar-refractivity contribution in [3.05, 3.63) is 69.0 Å². The Morgan fingerprint density at radius 2 is 1.87 bits per heavy atom. The molecule has 0 saturated carbocycles. The number of halogens is 1. The van der Waals surface area contributed by atoms with E-state index in [0.29, 0.717) is 23.2 Å². The maximum atomic E-state index is 13.5. The van der Waals surface area contributed by atoms with Crippen molar-refractivity contribution in [2.24, 2.45) is 0 Å². The molecule has 2 aromatic rings. The first-order valence-corrected chi connectivity index (χ1v) is 11.4. The normalized spacial score (nSPS) is 19.1. The number of hydrogen-bond donors (Lipinski definition) is 0. The number of nitrogens with zero attached hydrogens (tertiary/aromatic N) is 2. The molecular formula is C22H17BrN2O4S2. The van der Waals surface area contributed by atoms with Crippen molar-refractivity contribution in [3.63, 3.8) is 0 Å². The fraction of sp³-hybridized carbons (Fsp3) is 0.182. The first-order chi connectivity index (χ1) is 14.9. The number of thioether (sulfide) groups is 1. The lowest BCUT2D eigenvalue weighted by molar-refractivity contribution is -0.148. The number of esters is 1. The summed E-state index contributed by atoms with van der Waals surface area (Å²) in [6, 6.07) is 13.3. The summed E-state index contributed by atoms with van der Waals surface area (Å²) in [5.41, 5.74) is 2.28. The van der Waals surface area contributed by atoms with E-state index in [1.54, 1.807) is 29.2 Å². The summed E-state index contributed by atoms with van der Waals surface area (Å²) in [5, 5.41) is 0. The van der Waals surface area contributed by atoms with Gasteiger partial charge < -0.3 is 9.64 Å². The molecule has 2 aromatic carbocycles. The minimum absolute atomic E-state index is 0.200. The SMILES string of the molecule is CCN1C(=O)/C(=C2\SC(=S)N(C(C(=O)OC)c3ccccc3)C2=O)c2cc(Br)ccc21. The van der Waals surface area contributed by atoms with Gasteiger partial charge in [-0.25, -0.2) is 4.79 Å². The van der Waals surface area contributed by atoms with Gasteiger partial charge in [-0.2, -0.15) is 0 Å². The van der Waals surface area contributed by atoms with Gasteiger partial charge in [0.15, 0.2) is 6.04 Å². The lowest BCUT2D eigenvalue weighted by Crippen LogP contribution is -2.38. The first kappa shape index (κ1) is 21.7. The van der Waals surface area contributed by atoms with Crippen LogP contribution in [0.15, 0.2) is 57.9 Å². The highest BCUT2D eigenvalue weighted by Gasteiger charge is 2.46. The molecule has 31 heavy (non-hydrogen) atoms. The Bertz CT molecular complexity index is 1150. The van der Waals surface area contributed by atoms with Crippen LogP contribution in [0, 0.1) is 0 Å². The van der Waals surface area contributed by atoms with Crippen molar-refractivity contribution in [2.75, 3.05) is 18.6 Å². The summed E-state index contributed by atoms with van der Waals surface area (Å²) in [5.74, 6) is -1.35. The van der Waals surface area contributed by atoms with Gasteiger partial charge in [0.05, 0.1) is 23.3 Å². The van der Waals surface area contributed by atoms with Crippen LogP contribution in [0.1, 0.15) is 24.1 Å². The standard InChI is InChI=1S/C22H17BrN2O4S2/c1-3-24-15-10-9-13(23)11-14(15)16(19(24)26)18-20(27)25(22(30)31-18)17(21(28)29-2)12-7-5-4-6-8-12/h4-11,17H,3H2,1-2H3/b18-16-. The van der Waals surface area contributed by atoms with E-state index >= 15 is 0 Å². The monoisotopic (exact) mass is 516 g/mol. The van der Waals surface area contributed by atoms with Gasteiger partial charge >= 0.3 is 5.97 Å². The van der Waals surface area contributed by atoms with Crippen LogP contribution in [0.5, 0.6) is 0 Å². The summed E-state index contributed by atoms with van der Waals surface area (Å²) in [4.78, 5) is 42.5. The average molecular weight is 517 g/mol. The number of methoxy groups -OCH3 is 1.